The molecule has 6 heteroatoms. The summed E-state index contributed by atoms with van der Waals surface area (Å²) >= 11 is 1.72. The van der Waals surface area contributed by atoms with Crippen LogP contribution in [0.4, 0.5) is 0 Å². The van der Waals surface area contributed by atoms with Crippen molar-refractivity contribution in [2.24, 2.45) is 4.99 Å². The first-order chi connectivity index (χ1) is 9.67. The first-order valence-corrected chi connectivity index (χ1v) is 8.38. The fraction of sp³-hybridized carbons (Fsp3) is 0.667. The molecule has 0 aliphatic heterocycles. The van der Waals surface area contributed by atoms with Crippen LogP contribution in [0.1, 0.15) is 33.3 Å². The van der Waals surface area contributed by atoms with Gasteiger partial charge in [-0.3, -0.25) is 4.90 Å². The van der Waals surface area contributed by atoms with E-state index >= 15 is 0 Å². The molecule has 1 rings (SSSR count). The van der Waals surface area contributed by atoms with Gasteiger partial charge in [-0.15, -0.1) is 24.0 Å². The number of halogens is 1. The third-order valence-corrected chi connectivity index (χ3v) is 3.90. The van der Waals surface area contributed by atoms with Crippen molar-refractivity contribution in [2.45, 2.75) is 40.3 Å². The molecule has 1 aromatic heterocycles. The van der Waals surface area contributed by atoms with Gasteiger partial charge in [0, 0.05) is 25.7 Å². The highest BCUT2D eigenvalue weighted by atomic mass is 127. The normalized spacial score (nSPS) is 11.6. The van der Waals surface area contributed by atoms with Gasteiger partial charge in [-0.25, -0.2) is 4.99 Å². The Labute approximate surface area is 150 Å². The molecular formula is C15H29IN4S. The largest absolute Gasteiger partial charge is 0.357 e. The van der Waals surface area contributed by atoms with E-state index in [1.165, 1.54) is 5.56 Å². The highest BCUT2D eigenvalue weighted by Crippen LogP contribution is 2.06. The van der Waals surface area contributed by atoms with Crippen LogP contribution in [0.5, 0.6) is 0 Å². The van der Waals surface area contributed by atoms with Crippen molar-refractivity contribution >= 4 is 41.3 Å². The average Bonchev–Trinajstić information content (AvgIpc) is 2.93. The van der Waals surface area contributed by atoms with Crippen molar-refractivity contribution in [2.75, 3.05) is 26.2 Å². The zero-order valence-corrected chi connectivity index (χ0v) is 16.7. The first-order valence-electron chi connectivity index (χ1n) is 7.44. The number of hydrogen-bond acceptors (Lipinski definition) is 3. The summed E-state index contributed by atoms with van der Waals surface area (Å²) in [6, 6.07) is 2.71. The average molecular weight is 424 g/mol. The number of nitrogens with one attached hydrogen (secondary N) is 2. The molecule has 0 saturated carbocycles. The summed E-state index contributed by atoms with van der Waals surface area (Å²) < 4.78 is 0. The monoisotopic (exact) mass is 424 g/mol. The second-order valence-corrected chi connectivity index (χ2v) is 5.76. The Kier molecular flexibility index (Phi) is 12.0. The maximum Gasteiger partial charge on any atom is 0.191 e. The fourth-order valence-electron chi connectivity index (χ4n) is 1.99. The van der Waals surface area contributed by atoms with Crippen LogP contribution in [0, 0.1) is 0 Å². The van der Waals surface area contributed by atoms with Crippen LogP contribution in [-0.4, -0.2) is 43.1 Å². The summed E-state index contributed by atoms with van der Waals surface area (Å²) in [6.45, 7) is 13.4. The lowest BCUT2D eigenvalue weighted by Crippen LogP contribution is -2.43. The van der Waals surface area contributed by atoms with E-state index in [9.17, 15) is 0 Å². The Morgan fingerprint density at radius 2 is 2.10 bits per heavy atom. The van der Waals surface area contributed by atoms with E-state index in [0.717, 1.165) is 38.7 Å². The zero-order valence-electron chi connectivity index (χ0n) is 13.6. The van der Waals surface area contributed by atoms with Crippen molar-refractivity contribution in [3.05, 3.63) is 22.4 Å². The van der Waals surface area contributed by atoms with Gasteiger partial charge in [-0.1, -0.05) is 6.92 Å². The molecule has 1 aromatic rings. The summed E-state index contributed by atoms with van der Waals surface area (Å²) in [5.74, 6) is 0.901. The van der Waals surface area contributed by atoms with E-state index in [-0.39, 0.29) is 24.0 Å². The molecule has 0 radical (unpaired) electrons. The van der Waals surface area contributed by atoms with E-state index in [1.54, 1.807) is 11.3 Å². The molecule has 2 N–H and O–H groups in total. The van der Waals surface area contributed by atoms with Gasteiger partial charge < -0.3 is 10.6 Å². The minimum Gasteiger partial charge on any atom is -0.357 e. The molecule has 0 amide bonds. The lowest BCUT2D eigenvalue weighted by atomic mass is 10.3. The van der Waals surface area contributed by atoms with Crippen molar-refractivity contribution in [3.63, 3.8) is 0 Å². The Morgan fingerprint density at radius 3 is 2.62 bits per heavy atom. The molecular weight excluding hydrogens is 395 g/mol. The lowest BCUT2D eigenvalue weighted by molar-refractivity contribution is 0.237. The summed E-state index contributed by atoms with van der Waals surface area (Å²) in [7, 11) is 0. The summed E-state index contributed by atoms with van der Waals surface area (Å²) in [6.07, 6.45) is 0. The standard InChI is InChI=1S/C15H28N4S.HI/c1-5-16-15(18-11-14-7-10-20-12-14)17-8-9-19(6-2)13(3)4;/h7,10,12-13H,5-6,8-9,11H2,1-4H3,(H2,16,17,18);1H. The number of thiophene rings is 1. The third-order valence-electron chi connectivity index (χ3n) is 3.17. The SMILES string of the molecule is CCNC(=NCc1ccsc1)NCCN(CC)C(C)C.I. The van der Waals surface area contributed by atoms with Crippen LogP contribution in [0.2, 0.25) is 0 Å². The maximum atomic E-state index is 4.61. The van der Waals surface area contributed by atoms with Gasteiger partial charge >= 0.3 is 0 Å². The van der Waals surface area contributed by atoms with Crippen LogP contribution < -0.4 is 10.6 Å². The van der Waals surface area contributed by atoms with Crippen molar-refractivity contribution < 1.29 is 0 Å². The van der Waals surface area contributed by atoms with Crippen LogP contribution >= 0.6 is 35.3 Å². The van der Waals surface area contributed by atoms with Gasteiger partial charge in [-0.05, 0) is 49.7 Å². The highest BCUT2D eigenvalue weighted by molar-refractivity contribution is 14.0. The van der Waals surface area contributed by atoms with Crippen LogP contribution in [0.3, 0.4) is 0 Å². The third kappa shape index (κ3) is 8.63. The molecule has 122 valence electrons. The summed E-state index contributed by atoms with van der Waals surface area (Å²) in [4.78, 5) is 7.05. The topological polar surface area (TPSA) is 39.7 Å². The molecule has 1 heterocycles. The molecule has 0 aliphatic carbocycles. The molecule has 0 atom stereocenters. The Balaban J connectivity index is 0.00000400. The molecule has 4 nitrogen and oxygen atoms in total. The maximum absolute atomic E-state index is 4.61. The van der Waals surface area contributed by atoms with Gasteiger partial charge in [-0.2, -0.15) is 11.3 Å². The number of rotatable bonds is 8. The summed E-state index contributed by atoms with van der Waals surface area (Å²) in [5, 5.41) is 10.9. The van der Waals surface area contributed by atoms with Crippen molar-refractivity contribution in [1.29, 1.82) is 0 Å². The van der Waals surface area contributed by atoms with Crippen LogP contribution in [0.25, 0.3) is 0 Å². The zero-order chi connectivity index (χ0) is 14.8. The van der Waals surface area contributed by atoms with Gasteiger partial charge in [0.05, 0.1) is 6.54 Å². The molecule has 0 fully saturated rings. The highest BCUT2D eigenvalue weighted by Gasteiger charge is 2.06. The first kappa shape index (κ1) is 20.7. The molecule has 0 spiro atoms. The smallest absolute Gasteiger partial charge is 0.191 e. The summed E-state index contributed by atoms with van der Waals surface area (Å²) in [5.41, 5.74) is 1.27. The number of nitrogens with zero attached hydrogens (tertiary/aromatic N) is 2. The lowest BCUT2D eigenvalue weighted by Gasteiger charge is -2.25. The van der Waals surface area contributed by atoms with E-state index in [4.69, 9.17) is 0 Å². The molecule has 0 unspecified atom stereocenters. The van der Waals surface area contributed by atoms with Crippen LogP contribution in [-0.2, 0) is 6.54 Å². The molecule has 0 bridgehead atoms. The number of likely N-dealkylation sites (N-methyl/N-ethyl adjacent to an activating group) is 1. The van der Waals surface area contributed by atoms with Gasteiger partial charge in [0.1, 0.15) is 0 Å². The fourth-order valence-corrected chi connectivity index (χ4v) is 2.65. The van der Waals surface area contributed by atoms with E-state index in [1.807, 2.05) is 0 Å². The molecule has 0 aromatic carbocycles. The Bertz CT molecular complexity index is 379. The van der Waals surface area contributed by atoms with Crippen molar-refractivity contribution in [3.8, 4) is 0 Å². The minimum absolute atomic E-state index is 0. The van der Waals surface area contributed by atoms with Crippen molar-refractivity contribution in [1.82, 2.24) is 15.5 Å². The molecule has 21 heavy (non-hydrogen) atoms. The Hall–Kier alpha value is -0.340. The Morgan fingerprint density at radius 1 is 1.33 bits per heavy atom. The second kappa shape index (κ2) is 12.2. The second-order valence-electron chi connectivity index (χ2n) is 4.98. The quantitative estimate of drug-likeness (QED) is 0.383. The van der Waals surface area contributed by atoms with E-state index in [2.05, 4.69) is 65.0 Å². The van der Waals surface area contributed by atoms with Gasteiger partial charge in [0.15, 0.2) is 5.96 Å². The number of hydrogen-bond donors (Lipinski definition) is 2. The predicted molar refractivity (Wildman–Crippen MR) is 105 cm³/mol. The number of guanidine groups is 1. The molecule has 0 saturated heterocycles. The van der Waals surface area contributed by atoms with Gasteiger partial charge in [0.25, 0.3) is 0 Å². The van der Waals surface area contributed by atoms with E-state index in [0.29, 0.717) is 6.04 Å². The number of aliphatic imine (C=N–C) groups is 1. The molecule has 0 aliphatic rings. The van der Waals surface area contributed by atoms with E-state index < -0.39 is 0 Å². The minimum atomic E-state index is 0. The predicted octanol–water partition coefficient (Wildman–Crippen LogP) is 3.15. The van der Waals surface area contributed by atoms with Crippen LogP contribution in [0.15, 0.2) is 21.8 Å². The van der Waals surface area contributed by atoms with Gasteiger partial charge in [0.2, 0.25) is 0 Å².